The Labute approximate surface area is 152 Å². The molecule has 2 aromatic rings. The fraction of sp³-hybridized carbons (Fsp3) is 0.333. The molecular formula is C18H23N7O. The van der Waals surface area contributed by atoms with Crippen LogP contribution in [0.25, 0.3) is 0 Å². The SMILES string of the molecule is Cc1cc(Nc2cnc(NC(=O)N[C@H]3CCN(C)C3)cc2C=N)ccn1. The first kappa shape index (κ1) is 17.8. The average molecular weight is 353 g/mol. The van der Waals surface area contributed by atoms with Gasteiger partial charge in [-0.05, 0) is 45.1 Å². The third kappa shape index (κ3) is 4.54. The molecule has 0 unspecified atom stereocenters. The smallest absolute Gasteiger partial charge is 0.320 e. The lowest BCUT2D eigenvalue weighted by Gasteiger charge is -2.14. The Hall–Kier alpha value is -3.00. The zero-order chi connectivity index (χ0) is 18.5. The van der Waals surface area contributed by atoms with Crippen molar-refractivity contribution in [1.29, 1.82) is 5.41 Å². The van der Waals surface area contributed by atoms with Crippen molar-refractivity contribution in [2.75, 3.05) is 30.8 Å². The minimum atomic E-state index is -0.279. The minimum Gasteiger partial charge on any atom is -0.354 e. The second kappa shape index (κ2) is 7.92. The number of rotatable bonds is 5. The van der Waals surface area contributed by atoms with E-state index >= 15 is 0 Å². The number of urea groups is 1. The van der Waals surface area contributed by atoms with Crippen LogP contribution >= 0.6 is 0 Å². The number of aromatic nitrogens is 2. The van der Waals surface area contributed by atoms with E-state index in [2.05, 4.69) is 30.8 Å². The summed E-state index contributed by atoms with van der Waals surface area (Å²) in [7, 11) is 2.04. The molecule has 26 heavy (non-hydrogen) atoms. The number of likely N-dealkylation sites (N-methyl/N-ethyl adjacent to an activating group) is 1. The van der Waals surface area contributed by atoms with Crippen LogP contribution in [0.1, 0.15) is 17.7 Å². The molecule has 1 atom stereocenters. The van der Waals surface area contributed by atoms with E-state index in [0.717, 1.165) is 30.9 Å². The summed E-state index contributed by atoms with van der Waals surface area (Å²) in [5.41, 5.74) is 3.08. The molecule has 136 valence electrons. The first-order valence-electron chi connectivity index (χ1n) is 8.50. The van der Waals surface area contributed by atoms with Crippen LogP contribution in [0, 0.1) is 12.3 Å². The van der Waals surface area contributed by atoms with E-state index < -0.39 is 0 Å². The Morgan fingerprint density at radius 1 is 1.38 bits per heavy atom. The Balaban J connectivity index is 1.66. The van der Waals surface area contributed by atoms with E-state index in [9.17, 15) is 4.79 Å². The van der Waals surface area contributed by atoms with Crippen LogP contribution < -0.4 is 16.0 Å². The average Bonchev–Trinajstić information content (AvgIpc) is 3.01. The minimum absolute atomic E-state index is 0.151. The third-order valence-corrected chi connectivity index (χ3v) is 4.24. The van der Waals surface area contributed by atoms with Gasteiger partial charge in [-0.25, -0.2) is 9.78 Å². The van der Waals surface area contributed by atoms with Crippen molar-refractivity contribution >= 4 is 29.4 Å². The Kier molecular flexibility index (Phi) is 5.43. The number of anilines is 3. The number of amides is 2. The van der Waals surface area contributed by atoms with Gasteiger partial charge in [-0.3, -0.25) is 10.3 Å². The largest absolute Gasteiger partial charge is 0.354 e. The van der Waals surface area contributed by atoms with Crippen molar-refractivity contribution in [3.05, 3.63) is 41.9 Å². The van der Waals surface area contributed by atoms with Crippen molar-refractivity contribution in [3.8, 4) is 0 Å². The van der Waals surface area contributed by atoms with Gasteiger partial charge in [-0.15, -0.1) is 0 Å². The van der Waals surface area contributed by atoms with E-state index in [1.165, 1.54) is 6.21 Å². The maximum absolute atomic E-state index is 12.1. The molecule has 3 rings (SSSR count). The van der Waals surface area contributed by atoms with Gasteiger partial charge in [0.05, 0.1) is 11.9 Å². The van der Waals surface area contributed by atoms with Crippen LogP contribution in [0.15, 0.2) is 30.6 Å². The molecule has 0 spiro atoms. The fourth-order valence-corrected chi connectivity index (χ4v) is 2.93. The second-order valence-corrected chi connectivity index (χ2v) is 6.46. The molecule has 0 radical (unpaired) electrons. The van der Waals surface area contributed by atoms with E-state index in [1.807, 2.05) is 26.1 Å². The normalized spacial score (nSPS) is 16.9. The highest BCUT2D eigenvalue weighted by atomic mass is 16.2. The van der Waals surface area contributed by atoms with E-state index in [1.54, 1.807) is 18.5 Å². The molecule has 1 saturated heterocycles. The number of nitrogens with zero attached hydrogens (tertiary/aromatic N) is 3. The van der Waals surface area contributed by atoms with Gasteiger partial charge in [-0.1, -0.05) is 0 Å². The Bertz CT molecular complexity index is 808. The zero-order valence-corrected chi connectivity index (χ0v) is 14.9. The number of nitrogens with one attached hydrogen (secondary N) is 4. The van der Waals surface area contributed by atoms with Gasteiger partial charge >= 0.3 is 6.03 Å². The highest BCUT2D eigenvalue weighted by Gasteiger charge is 2.21. The second-order valence-electron chi connectivity index (χ2n) is 6.46. The molecule has 0 aliphatic carbocycles. The summed E-state index contributed by atoms with van der Waals surface area (Å²) in [5.74, 6) is 0.406. The number of likely N-dealkylation sites (tertiary alicyclic amines) is 1. The molecule has 8 nitrogen and oxygen atoms in total. The standard InChI is InChI=1S/C18H23N7O/c1-12-7-14(3-5-20-12)22-16-10-21-17(8-13(16)9-19)24-18(26)23-15-4-6-25(2)11-15/h3,5,7-10,15,19H,4,6,11H2,1-2H3,(H,20,22)(H2,21,23,24,26)/t15-/m0/s1. The van der Waals surface area contributed by atoms with E-state index in [4.69, 9.17) is 5.41 Å². The quantitative estimate of drug-likeness (QED) is 0.618. The van der Waals surface area contributed by atoms with Crippen molar-refractivity contribution in [2.24, 2.45) is 0 Å². The molecule has 2 aromatic heterocycles. The van der Waals surface area contributed by atoms with Crippen LogP contribution in [0.2, 0.25) is 0 Å². The molecule has 1 aliphatic heterocycles. The van der Waals surface area contributed by atoms with Crippen molar-refractivity contribution in [3.63, 3.8) is 0 Å². The molecule has 8 heteroatoms. The number of hydrogen-bond acceptors (Lipinski definition) is 6. The van der Waals surface area contributed by atoms with Gasteiger partial charge in [0.1, 0.15) is 5.82 Å². The third-order valence-electron chi connectivity index (χ3n) is 4.24. The lowest BCUT2D eigenvalue weighted by Crippen LogP contribution is -2.39. The number of aryl methyl sites for hydroxylation is 1. The lowest BCUT2D eigenvalue weighted by atomic mass is 10.2. The maximum Gasteiger partial charge on any atom is 0.320 e. The van der Waals surface area contributed by atoms with Crippen molar-refractivity contribution < 1.29 is 4.79 Å². The Morgan fingerprint density at radius 3 is 2.92 bits per heavy atom. The molecule has 2 amide bonds. The summed E-state index contributed by atoms with van der Waals surface area (Å²) in [6, 6.07) is 5.30. The van der Waals surface area contributed by atoms with Gasteiger partial charge in [0.25, 0.3) is 0 Å². The maximum atomic E-state index is 12.1. The molecule has 0 saturated carbocycles. The summed E-state index contributed by atoms with van der Waals surface area (Å²) in [6.07, 6.45) is 5.50. The number of carbonyl (C=O) groups is 1. The molecule has 0 aromatic carbocycles. The van der Waals surface area contributed by atoms with Crippen molar-refractivity contribution in [1.82, 2.24) is 20.2 Å². The predicted molar refractivity (Wildman–Crippen MR) is 102 cm³/mol. The van der Waals surface area contributed by atoms with Gasteiger partial charge in [-0.2, -0.15) is 0 Å². The van der Waals surface area contributed by atoms with Crippen LogP contribution in [0.5, 0.6) is 0 Å². The van der Waals surface area contributed by atoms with Gasteiger partial charge in [0.15, 0.2) is 0 Å². The fourth-order valence-electron chi connectivity index (χ4n) is 2.93. The predicted octanol–water partition coefficient (Wildman–Crippen LogP) is 2.35. The highest BCUT2D eigenvalue weighted by molar-refractivity contribution is 5.92. The van der Waals surface area contributed by atoms with Crippen LogP contribution in [-0.4, -0.2) is 53.3 Å². The van der Waals surface area contributed by atoms with Crippen LogP contribution in [-0.2, 0) is 0 Å². The lowest BCUT2D eigenvalue weighted by molar-refractivity contribution is 0.248. The summed E-state index contributed by atoms with van der Waals surface area (Å²) in [4.78, 5) is 22.7. The first-order chi connectivity index (χ1) is 12.5. The van der Waals surface area contributed by atoms with E-state index in [0.29, 0.717) is 17.1 Å². The molecule has 3 heterocycles. The van der Waals surface area contributed by atoms with Crippen LogP contribution in [0.4, 0.5) is 22.0 Å². The van der Waals surface area contributed by atoms with Crippen molar-refractivity contribution in [2.45, 2.75) is 19.4 Å². The molecular weight excluding hydrogens is 330 g/mol. The molecule has 1 fully saturated rings. The molecule has 1 aliphatic rings. The summed E-state index contributed by atoms with van der Waals surface area (Å²) < 4.78 is 0. The van der Waals surface area contributed by atoms with E-state index in [-0.39, 0.29) is 12.1 Å². The first-order valence-corrected chi connectivity index (χ1v) is 8.50. The number of pyridine rings is 2. The highest BCUT2D eigenvalue weighted by Crippen LogP contribution is 2.21. The zero-order valence-electron chi connectivity index (χ0n) is 14.9. The monoisotopic (exact) mass is 353 g/mol. The summed E-state index contributed by atoms with van der Waals surface area (Å²) >= 11 is 0. The van der Waals surface area contributed by atoms with Gasteiger partial charge < -0.3 is 20.9 Å². The summed E-state index contributed by atoms with van der Waals surface area (Å²) in [6.45, 7) is 3.74. The Morgan fingerprint density at radius 2 is 2.23 bits per heavy atom. The molecule has 0 bridgehead atoms. The molecule has 4 N–H and O–H groups in total. The van der Waals surface area contributed by atoms with Gasteiger partial charge in [0.2, 0.25) is 0 Å². The number of hydrogen-bond donors (Lipinski definition) is 4. The van der Waals surface area contributed by atoms with Crippen LogP contribution in [0.3, 0.4) is 0 Å². The van der Waals surface area contributed by atoms with Gasteiger partial charge in [0, 0.05) is 41.9 Å². The topological polar surface area (TPSA) is 106 Å². The summed E-state index contributed by atoms with van der Waals surface area (Å²) in [5, 5.41) is 16.5. The number of carbonyl (C=O) groups excluding carboxylic acids is 1.